The zero-order valence-electron chi connectivity index (χ0n) is 11.3. The van der Waals surface area contributed by atoms with Crippen LogP contribution in [0.25, 0.3) is 0 Å². The van der Waals surface area contributed by atoms with Gasteiger partial charge < -0.3 is 10.8 Å². The van der Waals surface area contributed by atoms with Crippen LogP contribution in [0.2, 0.25) is 0 Å². The highest BCUT2D eigenvalue weighted by Gasteiger charge is 2.43. The van der Waals surface area contributed by atoms with E-state index in [2.05, 4.69) is 20.8 Å². The van der Waals surface area contributed by atoms with Crippen molar-refractivity contribution < 1.29 is 5.11 Å². The first-order valence-corrected chi connectivity index (χ1v) is 6.87. The molecule has 2 unspecified atom stereocenters. The topological polar surface area (TPSA) is 46.2 Å². The number of hydrogen-bond acceptors (Lipinski definition) is 2. The Bertz CT molecular complexity index is 215. The number of nitrogens with two attached hydrogens (primary N) is 1. The van der Waals surface area contributed by atoms with E-state index in [0.717, 1.165) is 25.2 Å². The summed E-state index contributed by atoms with van der Waals surface area (Å²) in [5, 5.41) is 10.8. The van der Waals surface area contributed by atoms with E-state index in [-0.39, 0.29) is 5.41 Å². The number of hydrogen-bond donors (Lipinski definition) is 2. The fourth-order valence-corrected chi connectivity index (χ4v) is 2.96. The molecule has 2 heteroatoms. The molecule has 2 atom stereocenters. The molecule has 0 aromatic carbocycles. The van der Waals surface area contributed by atoms with Crippen molar-refractivity contribution in [3.05, 3.63) is 0 Å². The second-order valence-corrected chi connectivity index (χ2v) is 6.21. The van der Waals surface area contributed by atoms with Crippen LogP contribution in [0.5, 0.6) is 0 Å². The van der Waals surface area contributed by atoms with Crippen molar-refractivity contribution in [3.63, 3.8) is 0 Å². The normalized spacial score (nSPS) is 32.4. The lowest BCUT2D eigenvalue weighted by atomic mass is 9.70. The van der Waals surface area contributed by atoms with E-state index in [1.807, 2.05) is 0 Å². The van der Waals surface area contributed by atoms with E-state index in [4.69, 9.17) is 5.73 Å². The zero-order chi connectivity index (χ0) is 12.2. The highest BCUT2D eigenvalue weighted by Crippen LogP contribution is 2.42. The van der Waals surface area contributed by atoms with Gasteiger partial charge in [-0.25, -0.2) is 0 Å². The van der Waals surface area contributed by atoms with Gasteiger partial charge in [-0.2, -0.15) is 0 Å². The minimum Gasteiger partial charge on any atom is -0.389 e. The minimum atomic E-state index is -0.537. The summed E-state index contributed by atoms with van der Waals surface area (Å²) in [6.45, 7) is 7.03. The van der Waals surface area contributed by atoms with E-state index >= 15 is 0 Å². The molecule has 0 aromatic rings. The molecule has 0 spiro atoms. The quantitative estimate of drug-likeness (QED) is 0.725. The molecule has 1 rings (SSSR count). The molecule has 1 fully saturated rings. The first-order valence-electron chi connectivity index (χ1n) is 6.87. The van der Waals surface area contributed by atoms with E-state index in [9.17, 15) is 5.11 Å². The summed E-state index contributed by atoms with van der Waals surface area (Å²) in [4.78, 5) is 0. The van der Waals surface area contributed by atoms with Gasteiger partial charge in [0.25, 0.3) is 0 Å². The maximum atomic E-state index is 10.8. The first-order chi connectivity index (χ1) is 7.45. The van der Waals surface area contributed by atoms with Crippen molar-refractivity contribution >= 4 is 0 Å². The Labute approximate surface area is 101 Å². The number of aliphatic hydroxyl groups is 1. The Balaban J connectivity index is 2.64. The molecule has 1 aliphatic carbocycles. The van der Waals surface area contributed by atoms with Gasteiger partial charge in [0.15, 0.2) is 0 Å². The Kier molecular flexibility index (Phi) is 4.81. The maximum absolute atomic E-state index is 10.8. The van der Waals surface area contributed by atoms with Crippen molar-refractivity contribution in [2.45, 2.75) is 71.3 Å². The Morgan fingerprint density at radius 3 is 2.56 bits per heavy atom. The summed E-state index contributed by atoms with van der Waals surface area (Å²) in [5.41, 5.74) is 5.12. The zero-order valence-corrected chi connectivity index (χ0v) is 11.3. The van der Waals surface area contributed by atoms with Crippen LogP contribution in [0.1, 0.15) is 65.7 Å². The van der Waals surface area contributed by atoms with Crippen molar-refractivity contribution in [1.82, 2.24) is 0 Å². The van der Waals surface area contributed by atoms with Gasteiger partial charge in [-0.3, -0.25) is 0 Å². The maximum Gasteiger partial charge on any atom is 0.0710 e. The van der Waals surface area contributed by atoms with Crippen molar-refractivity contribution in [3.8, 4) is 0 Å². The van der Waals surface area contributed by atoms with Gasteiger partial charge in [0.2, 0.25) is 0 Å². The highest BCUT2D eigenvalue weighted by atomic mass is 16.3. The molecule has 16 heavy (non-hydrogen) atoms. The highest BCUT2D eigenvalue weighted by molar-refractivity contribution is 4.95. The molecule has 0 heterocycles. The van der Waals surface area contributed by atoms with Gasteiger partial charge in [0, 0.05) is 12.0 Å². The van der Waals surface area contributed by atoms with Crippen LogP contribution in [-0.4, -0.2) is 17.3 Å². The van der Waals surface area contributed by atoms with Crippen LogP contribution in [0.4, 0.5) is 0 Å². The van der Waals surface area contributed by atoms with Gasteiger partial charge in [0.05, 0.1) is 5.60 Å². The molecule has 1 saturated carbocycles. The third-order valence-corrected chi connectivity index (χ3v) is 4.64. The molecular weight excluding hydrogens is 198 g/mol. The van der Waals surface area contributed by atoms with Crippen LogP contribution in [-0.2, 0) is 0 Å². The van der Waals surface area contributed by atoms with Gasteiger partial charge >= 0.3 is 0 Å². The second kappa shape index (κ2) is 5.50. The van der Waals surface area contributed by atoms with E-state index < -0.39 is 5.60 Å². The fourth-order valence-electron chi connectivity index (χ4n) is 2.96. The number of rotatable bonds is 4. The monoisotopic (exact) mass is 227 g/mol. The summed E-state index contributed by atoms with van der Waals surface area (Å²) in [5.74, 6) is 0.826. The Morgan fingerprint density at radius 2 is 2.00 bits per heavy atom. The second-order valence-electron chi connectivity index (χ2n) is 6.21. The van der Waals surface area contributed by atoms with Gasteiger partial charge in [-0.1, -0.05) is 46.5 Å². The molecule has 96 valence electrons. The molecule has 0 radical (unpaired) electrons. The summed E-state index contributed by atoms with van der Waals surface area (Å²) in [6.07, 6.45) is 8.07. The molecular formula is C14H29NO. The Morgan fingerprint density at radius 1 is 1.31 bits per heavy atom. The summed E-state index contributed by atoms with van der Waals surface area (Å²) in [6, 6.07) is 0. The molecule has 0 aromatic heterocycles. The molecule has 2 nitrogen and oxygen atoms in total. The molecule has 0 bridgehead atoms. The largest absolute Gasteiger partial charge is 0.389 e. The minimum absolute atomic E-state index is 0.145. The summed E-state index contributed by atoms with van der Waals surface area (Å²) in [7, 11) is 0. The predicted molar refractivity (Wildman–Crippen MR) is 69.3 cm³/mol. The van der Waals surface area contributed by atoms with Crippen LogP contribution < -0.4 is 5.73 Å². The lowest BCUT2D eigenvalue weighted by molar-refractivity contribution is -0.0745. The predicted octanol–water partition coefficient (Wildman–Crippen LogP) is 3.08. The van der Waals surface area contributed by atoms with Crippen molar-refractivity contribution in [2.75, 3.05) is 6.54 Å². The van der Waals surface area contributed by atoms with E-state index in [1.165, 1.54) is 25.7 Å². The van der Waals surface area contributed by atoms with E-state index in [0.29, 0.717) is 6.54 Å². The van der Waals surface area contributed by atoms with Gasteiger partial charge in [-0.15, -0.1) is 0 Å². The van der Waals surface area contributed by atoms with Gasteiger partial charge in [-0.05, 0) is 25.2 Å². The first kappa shape index (κ1) is 14.0. The molecule has 3 N–H and O–H groups in total. The lowest BCUT2D eigenvalue weighted by Gasteiger charge is -2.42. The van der Waals surface area contributed by atoms with E-state index in [1.54, 1.807) is 0 Å². The van der Waals surface area contributed by atoms with Crippen LogP contribution in [0.3, 0.4) is 0 Å². The van der Waals surface area contributed by atoms with Crippen LogP contribution in [0, 0.1) is 11.3 Å². The van der Waals surface area contributed by atoms with Crippen molar-refractivity contribution in [1.29, 1.82) is 0 Å². The van der Waals surface area contributed by atoms with Crippen molar-refractivity contribution in [2.24, 2.45) is 17.1 Å². The fraction of sp³-hybridized carbons (Fsp3) is 1.00. The van der Waals surface area contributed by atoms with Gasteiger partial charge in [0.1, 0.15) is 0 Å². The molecule has 1 aliphatic rings. The summed E-state index contributed by atoms with van der Waals surface area (Å²) >= 11 is 0. The average molecular weight is 227 g/mol. The SMILES string of the molecule is CCCC1CCCC(O)(C(C)(C)CN)CC1. The molecule has 0 aliphatic heterocycles. The average Bonchev–Trinajstić information content (AvgIpc) is 2.43. The standard InChI is InChI=1S/C14H29NO/c1-4-6-12-7-5-9-14(16,10-8-12)13(2,3)11-15/h12,16H,4-11,15H2,1-3H3. The lowest BCUT2D eigenvalue weighted by Crippen LogP contribution is -2.48. The summed E-state index contributed by atoms with van der Waals surface area (Å²) < 4.78 is 0. The third-order valence-electron chi connectivity index (χ3n) is 4.64. The molecule has 0 saturated heterocycles. The van der Waals surface area contributed by atoms with Crippen LogP contribution >= 0.6 is 0 Å². The third kappa shape index (κ3) is 2.98. The Hall–Kier alpha value is -0.0800. The van der Waals surface area contributed by atoms with Crippen LogP contribution in [0.15, 0.2) is 0 Å². The smallest absolute Gasteiger partial charge is 0.0710 e. The molecule has 0 amide bonds.